The van der Waals surface area contributed by atoms with Crippen molar-refractivity contribution in [2.45, 2.75) is 58.3 Å². The summed E-state index contributed by atoms with van der Waals surface area (Å²) in [6.07, 6.45) is 7.61. The summed E-state index contributed by atoms with van der Waals surface area (Å²) in [5.74, 6) is 0.833. The van der Waals surface area contributed by atoms with Crippen LogP contribution in [0, 0.1) is 0 Å². The fraction of sp³-hybridized carbons (Fsp3) is 0.688. The van der Waals surface area contributed by atoms with E-state index in [0.29, 0.717) is 12.7 Å². The third kappa shape index (κ3) is 3.93. The second-order valence-corrected chi connectivity index (χ2v) is 5.38. The summed E-state index contributed by atoms with van der Waals surface area (Å²) >= 11 is 0. The smallest absolute Gasteiger partial charge is 0.137 e. The van der Waals surface area contributed by atoms with E-state index < -0.39 is 0 Å². The van der Waals surface area contributed by atoms with Crippen LogP contribution in [0.5, 0.6) is 5.75 Å². The number of hydrogen-bond donors (Lipinski definition) is 1. The summed E-state index contributed by atoms with van der Waals surface area (Å²) in [5.41, 5.74) is 1.16. The molecule has 20 heavy (non-hydrogen) atoms. The Kier molecular flexibility index (Phi) is 5.80. The maximum absolute atomic E-state index is 6.04. The van der Waals surface area contributed by atoms with Crippen molar-refractivity contribution >= 4 is 0 Å². The Morgan fingerprint density at radius 3 is 2.90 bits per heavy atom. The van der Waals surface area contributed by atoms with Crippen molar-refractivity contribution in [3.05, 3.63) is 24.0 Å². The molecule has 0 aliphatic carbocycles. The van der Waals surface area contributed by atoms with Crippen molar-refractivity contribution < 1.29 is 9.47 Å². The van der Waals surface area contributed by atoms with Gasteiger partial charge in [0.15, 0.2) is 0 Å². The van der Waals surface area contributed by atoms with E-state index in [1.54, 1.807) is 6.20 Å². The first-order valence-electron chi connectivity index (χ1n) is 7.71. The van der Waals surface area contributed by atoms with E-state index in [1.807, 2.05) is 13.1 Å². The monoisotopic (exact) mass is 278 g/mol. The van der Waals surface area contributed by atoms with Gasteiger partial charge in [0.2, 0.25) is 0 Å². The molecule has 0 bridgehead atoms. The van der Waals surface area contributed by atoms with E-state index in [2.05, 4.69) is 30.2 Å². The Morgan fingerprint density at radius 1 is 1.40 bits per heavy atom. The minimum Gasteiger partial charge on any atom is -0.492 e. The molecule has 3 atom stereocenters. The van der Waals surface area contributed by atoms with Crippen LogP contribution < -0.4 is 10.1 Å². The lowest BCUT2D eigenvalue weighted by atomic mass is 10.0. The van der Waals surface area contributed by atoms with Crippen LogP contribution in [0.1, 0.15) is 51.6 Å². The molecule has 1 aliphatic rings. The Bertz CT molecular complexity index is 411. The molecular weight excluding hydrogens is 252 g/mol. The first kappa shape index (κ1) is 15.3. The molecule has 0 radical (unpaired) electrons. The molecule has 1 aromatic rings. The highest BCUT2D eigenvalue weighted by molar-refractivity contribution is 5.27. The average Bonchev–Trinajstić information content (AvgIpc) is 2.87. The Balaban J connectivity index is 2.14. The van der Waals surface area contributed by atoms with Crippen molar-refractivity contribution in [1.82, 2.24) is 10.3 Å². The lowest BCUT2D eigenvalue weighted by Crippen LogP contribution is -2.32. The largest absolute Gasteiger partial charge is 0.492 e. The fourth-order valence-corrected chi connectivity index (χ4v) is 2.69. The number of nitrogens with zero attached hydrogens (tertiary/aromatic N) is 1. The van der Waals surface area contributed by atoms with Gasteiger partial charge in [-0.15, -0.1) is 0 Å². The van der Waals surface area contributed by atoms with Crippen LogP contribution in [0.4, 0.5) is 0 Å². The number of ether oxygens (including phenoxy) is 2. The molecule has 0 aromatic carbocycles. The molecular formula is C16H26N2O2. The second-order valence-electron chi connectivity index (χ2n) is 5.38. The van der Waals surface area contributed by atoms with Gasteiger partial charge in [-0.3, -0.25) is 4.98 Å². The molecule has 0 amide bonds. The lowest BCUT2D eigenvalue weighted by molar-refractivity contribution is 0.0315. The van der Waals surface area contributed by atoms with Gasteiger partial charge in [-0.1, -0.05) is 6.92 Å². The maximum atomic E-state index is 6.04. The van der Waals surface area contributed by atoms with Crippen LogP contribution >= 0.6 is 0 Å². The molecule has 4 nitrogen and oxygen atoms in total. The van der Waals surface area contributed by atoms with E-state index in [4.69, 9.17) is 9.47 Å². The highest BCUT2D eigenvalue weighted by Crippen LogP contribution is 2.31. The van der Waals surface area contributed by atoms with Crippen molar-refractivity contribution in [2.24, 2.45) is 0 Å². The van der Waals surface area contributed by atoms with Crippen LogP contribution in [0.2, 0.25) is 0 Å². The zero-order valence-electron chi connectivity index (χ0n) is 12.8. The highest BCUT2D eigenvalue weighted by atomic mass is 16.5. The molecule has 2 rings (SSSR count). The molecule has 1 aromatic heterocycles. The van der Waals surface area contributed by atoms with E-state index in [0.717, 1.165) is 37.1 Å². The Hall–Kier alpha value is -1.13. The van der Waals surface area contributed by atoms with Crippen LogP contribution in [-0.2, 0) is 4.74 Å². The number of nitrogens with one attached hydrogen (secondary N) is 1. The summed E-state index contributed by atoms with van der Waals surface area (Å²) in [5, 5.41) is 3.60. The topological polar surface area (TPSA) is 43.4 Å². The predicted octanol–water partition coefficient (Wildman–Crippen LogP) is 3.09. The molecule has 112 valence electrons. The van der Waals surface area contributed by atoms with Crippen LogP contribution in [-0.4, -0.2) is 30.3 Å². The minimum absolute atomic E-state index is 0.202. The van der Waals surface area contributed by atoms with Crippen LogP contribution in [0.15, 0.2) is 18.5 Å². The molecule has 1 saturated heterocycles. The van der Waals surface area contributed by atoms with Crippen LogP contribution in [0.25, 0.3) is 0 Å². The van der Waals surface area contributed by atoms with E-state index in [1.165, 1.54) is 0 Å². The fourth-order valence-electron chi connectivity index (χ4n) is 2.69. The third-order valence-electron chi connectivity index (χ3n) is 3.66. The number of aromatic nitrogens is 1. The molecule has 0 saturated carbocycles. The summed E-state index contributed by atoms with van der Waals surface area (Å²) in [6.45, 7) is 7.96. The molecule has 2 heterocycles. The molecule has 1 N–H and O–H groups in total. The quantitative estimate of drug-likeness (QED) is 0.832. The molecule has 3 unspecified atom stereocenters. The van der Waals surface area contributed by atoms with Crippen molar-refractivity contribution in [3.8, 4) is 5.75 Å². The number of pyridine rings is 1. The molecule has 4 heteroatoms. The number of hydrogen-bond acceptors (Lipinski definition) is 4. The third-order valence-corrected chi connectivity index (χ3v) is 3.66. The van der Waals surface area contributed by atoms with E-state index in [-0.39, 0.29) is 12.1 Å². The van der Waals surface area contributed by atoms with Crippen molar-refractivity contribution in [3.63, 3.8) is 0 Å². The van der Waals surface area contributed by atoms with Gasteiger partial charge in [0.25, 0.3) is 0 Å². The van der Waals surface area contributed by atoms with Gasteiger partial charge < -0.3 is 14.8 Å². The van der Waals surface area contributed by atoms with E-state index >= 15 is 0 Å². The minimum atomic E-state index is 0.202. The zero-order chi connectivity index (χ0) is 14.4. The van der Waals surface area contributed by atoms with Crippen LogP contribution in [0.3, 0.4) is 0 Å². The molecule has 0 spiro atoms. The van der Waals surface area contributed by atoms with Crippen molar-refractivity contribution in [2.75, 3.05) is 13.2 Å². The Labute approximate surface area is 121 Å². The predicted molar refractivity (Wildman–Crippen MR) is 80.0 cm³/mol. The standard InChI is InChI=1S/C16H26N2O2/c1-4-8-18-16(15-7-6-12(3)20-15)13-9-14(19-5-2)11-17-10-13/h9-12,15-16,18H,4-8H2,1-3H3. The van der Waals surface area contributed by atoms with E-state index in [9.17, 15) is 0 Å². The second kappa shape index (κ2) is 7.60. The number of rotatable bonds is 7. The van der Waals surface area contributed by atoms with Gasteiger partial charge >= 0.3 is 0 Å². The summed E-state index contributed by atoms with van der Waals surface area (Å²) < 4.78 is 11.6. The lowest BCUT2D eigenvalue weighted by Gasteiger charge is -2.25. The highest BCUT2D eigenvalue weighted by Gasteiger charge is 2.30. The Morgan fingerprint density at radius 2 is 2.25 bits per heavy atom. The zero-order valence-corrected chi connectivity index (χ0v) is 12.8. The van der Waals surface area contributed by atoms with Crippen molar-refractivity contribution in [1.29, 1.82) is 0 Å². The average molecular weight is 278 g/mol. The summed E-state index contributed by atoms with van der Waals surface area (Å²) in [4.78, 5) is 4.30. The first-order valence-corrected chi connectivity index (χ1v) is 7.71. The maximum Gasteiger partial charge on any atom is 0.137 e. The molecule has 1 fully saturated rings. The van der Waals surface area contributed by atoms with Gasteiger partial charge in [0.1, 0.15) is 5.75 Å². The SMILES string of the molecule is CCCNC(c1cncc(OCC)c1)C1CCC(C)O1. The van der Waals surface area contributed by atoms with Gasteiger partial charge in [0, 0.05) is 6.20 Å². The molecule has 1 aliphatic heterocycles. The summed E-state index contributed by atoms with van der Waals surface area (Å²) in [6, 6.07) is 2.28. The van der Waals surface area contributed by atoms with Gasteiger partial charge in [-0.05, 0) is 51.3 Å². The van der Waals surface area contributed by atoms with Gasteiger partial charge in [0.05, 0.1) is 31.1 Å². The van der Waals surface area contributed by atoms with Gasteiger partial charge in [-0.2, -0.15) is 0 Å². The summed E-state index contributed by atoms with van der Waals surface area (Å²) in [7, 11) is 0. The van der Waals surface area contributed by atoms with Gasteiger partial charge in [-0.25, -0.2) is 0 Å². The normalized spacial score (nSPS) is 23.8. The first-order chi connectivity index (χ1) is 9.74.